The van der Waals surface area contributed by atoms with Gasteiger partial charge in [-0.2, -0.15) is 0 Å². The minimum Gasteiger partial charge on any atom is -0.456 e. The summed E-state index contributed by atoms with van der Waals surface area (Å²) < 4.78 is 13.8. The lowest BCUT2D eigenvalue weighted by Crippen LogP contribution is -1.99. The van der Waals surface area contributed by atoms with Gasteiger partial charge in [-0.25, -0.2) is 0 Å². The zero-order chi connectivity index (χ0) is 39.3. The van der Waals surface area contributed by atoms with E-state index in [1.54, 1.807) is 0 Å². The van der Waals surface area contributed by atoms with Crippen LogP contribution in [0.25, 0.3) is 115 Å². The van der Waals surface area contributed by atoms with Crippen molar-refractivity contribution in [3.05, 3.63) is 212 Å². The average molecular weight is 766 g/mol. The summed E-state index contributed by atoms with van der Waals surface area (Å²) in [6.45, 7) is 0. The molecule has 0 atom stereocenters. The molecule has 0 unspecified atom stereocenters. The molecule has 280 valence electrons. The Kier molecular flexibility index (Phi) is 6.98. The SMILES string of the molecule is c1ccc2c(-n3c4cccc(c4)c4cccc(c4)n(-c4ccc5c(c4)c4ccccc4n5-c4cccc5ccccc45)c4ccc5oc6ccc3cc6c5c4)cccc2c1. The molecule has 0 amide bonds. The fourth-order valence-corrected chi connectivity index (χ4v) is 9.72. The van der Waals surface area contributed by atoms with Crippen LogP contribution < -0.4 is 0 Å². The Balaban J connectivity index is 1.14. The van der Waals surface area contributed by atoms with E-state index in [1.165, 1.54) is 49.0 Å². The molecular weight excluding hydrogens is 731 g/mol. The predicted octanol–water partition coefficient (Wildman–Crippen LogP) is 15.2. The molecule has 0 aliphatic rings. The van der Waals surface area contributed by atoms with Gasteiger partial charge in [-0.3, -0.25) is 0 Å². The lowest BCUT2D eigenvalue weighted by molar-refractivity contribution is 0.669. The van der Waals surface area contributed by atoms with Gasteiger partial charge in [0.05, 0.1) is 22.4 Å². The standard InChI is InChI=1S/C56H35N3O/c1-3-19-45-36(11-1)13-9-23-51(45)58-41-18-8-16-39(32-41)38-15-7-17-40(31-38)57(43-26-29-55-49(34-43)50-35-44(58)27-30-56(50)60-55)42-25-28-54-48(33-42)47-21-5-6-22-53(47)59(54)52-24-10-14-37-12-2-4-20-46(37)52/h1-35H. The van der Waals surface area contributed by atoms with Gasteiger partial charge >= 0.3 is 0 Å². The summed E-state index contributed by atoms with van der Waals surface area (Å²) in [5, 5.41) is 11.7. The molecule has 3 aromatic heterocycles. The molecule has 60 heavy (non-hydrogen) atoms. The second-order valence-corrected chi connectivity index (χ2v) is 15.8. The second-order valence-electron chi connectivity index (χ2n) is 15.8. The maximum Gasteiger partial charge on any atom is 0.135 e. The largest absolute Gasteiger partial charge is 0.456 e. The first-order chi connectivity index (χ1) is 29.7. The number of para-hydroxylation sites is 1. The van der Waals surface area contributed by atoms with Gasteiger partial charge < -0.3 is 18.1 Å². The fraction of sp³-hybridized carbons (Fsp3) is 0. The number of aromatic nitrogens is 3. The lowest BCUT2D eigenvalue weighted by Gasteiger charge is -2.15. The number of benzene rings is 10. The Hall–Kier alpha value is -8.08. The Morgan fingerprint density at radius 3 is 1.42 bits per heavy atom. The van der Waals surface area contributed by atoms with Crippen LogP contribution in [0.5, 0.6) is 0 Å². The van der Waals surface area contributed by atoms with Crippen molar-refractivity contribution in [2.75, 3.05) is 0 Å². The summed E-state index contributed by atoms with van der Waals surface area (Å²) in [5.74, 6) is 0. The van der Waals surface area contributed by atoms with E-state index in [2.05, 4.69) is 226 Å². The molecule has 4 nitrogen and oxygen atoms in total. The van der Waals surface area contributed by atoms with E-state index in [-0.39, 0.29) is 0 Å². The first-order valence-corrected chi connectivity index (χ1v) is 20.5. The highest BCUT2D eigenvalue weighted by Gasteiger charge is 2.17. The Morgan fingerprint density at radius 2 is 0.750 bits per heavy atom. The Labute approximate surface area is 344 Å². The molecule has 0 spiro atoms. The molecule has 8 bridgehead atoms. The van der Waals surface area contributed by atoms with E-state index in [0.717, 1.165) is 66.2 Å². The van der Waals surface area contributed by atoms with Crippen molar-refractivity contribution >= 4 is 98.1 Å². The third-order valence-corrected chi connectivity index (χ3v) is 12.4. The van der Waals surface area contributed by atoms with Crippen molar-refractivity contribution in [1.82, 2.24) is 13.7 Å². The molecule has 4 heteroatoms. The maximum absolute atomic E-state index is 6.56. The summed E-state index contributed by atoms with van der Waals surface area (Å²) in [5.41, 5.74) is 11.7. The van der Waals surface area contributed by atoms with Crippen LogP contribution in [0.4, 0.5) is 0 Å². The smallest absolute Gasteiger partial charge is 0.135 e. The summed E-state index contributed by atoms with van der Waals surface area (Å²) in [6.07, 6.45) is 0. The quantitative estimate of drug-likeness (QED) is 0.176. The molecule has 13 aromatic rings. The summed E-state index contributed by atoms with van der Waals surface area (Å²) in [6, 6.07) is 77.3. The molecule has 0 aliphatic carbocycles. The highest BCUT2D eigenvalue weighted by Crippen LogP contribution is 2.38. The van der Waals surface area contributed by atoms with Crippen molar-refractivity contribution < 1.29 is 4.42 Å². The maximum atomic E-state index is 6.56. The molecule has 0 aliphatic heterocycles. The average Bonchev–Trinajstić information content (AvgIpc) is 3.84. The number of furan rings is 1. The van der Waals surface area contributed by atoms with E-state index >= 15 is 0 Å². The summed E-state index contributed by atoms with van der Waals surface area (Å²) >= 11 is 0. The van der Waals surface area contributed by atoms with E-state index in [9.17, 15) is 0 Å². The van der Waals surface area contributed by atoms with Crippen molar-refractivity contribution in [3.8, 4) is 17.1 Å². The second kappa shape index (κ2) is 12.7. The van der Waals surface area contributed by atoms with Crippen LogP contribution in [0.2, 0.25) is 0 Å². The van der Waals surface area contributed by atoms with Gasteiger partial charge in [0.15, 0.2) is 0 Å². The fourth-order valence-electron chi connectivity index (χ4n) is 9.72. The molecule has 0 saturated heterocycles. The minimum absolute atomic E-state index is 0.860. The monoisotopic (exact) mass is 765 g/mol. The Bertz CT molecular complexity index is 3960. The van der Waals surface area contributed by atoms with Crippen LogP contribution in [-0.4, -0.2) is 13.7 Å². The van der Waals surface area contributed by atoms with Crippen LogP contribution in [0, 0.1) is 0 Å². The number of nitrogens with zero attached hydrogens (tertiary/aromatic N) is 3. The molecule has 0 N–H and O–H groups in total. The topological polar surface area (TPSA) is 27.9 Å². The summed E-state index contributed by atoms with van der Waals surface area (Å²) in [7, 11) is 0. The van der Waals surface area contributed by atoms with Crippen LogP contribution in [0.1, 0.15) is 0 Å². The van der Waals surface area contributed by atoms with E-state index < -0.39 is 0 Å². The van der Waals surface area contributed by atoms with Crippen LogP contribution in [-0.2, 0) is 0 Å². The highest BCUT2D eigenvalue weighted by atomic mass is 16.3. The van der Waals surface area contributed by atoms with Gasteiger partial charge in [0, 0.05) is 60.1 Å². The first-order valence-electron chi connectivity index (χ1n) is 20.5. The van der Waals surface area contributed by atoms with Gasteiger partial charge in [-0.1, -0.05) is 115 Å². The van der Waals surface area contributed by atoms with Gasteiger partial charge in [0.2, 0.25) is 0 Å². The zero-order valence-corrected chi connectivity index (χ0v) is 32.5. The normalized spacial score (nSPS) is 12.0. The molecular formula is C56H35N3O. The summed E-state index contributed by atoms with van der Waals surface area (Å²) in [4.78, 5) is 0. The molecule has 13 rings (SSSR count). The molecule has 0 saturated carbocycles. The predicted molar refractivity (Wildman–Crippen MR) is 252 cm³/mol. The minimum atomic E-state index is 0.860. The van der Waals surface area contributed by atoms with Gasteiger partial charge in [-0.05, 0) is 119 Å². The van der Waals surface area contributed by atoms with Gasteiger partial charge in [0.1, 0.15) is 11.2 Å². The van der Waals surface area contributed by atoms with E-state index in [0.29, 0.717) is 0 Å². The van der Waals surface area contributed by atoms with Crippen LogP contribution in [0.15, 0.2) is 217 Å². The molecule has 0 radical (unpaired) electrons. The van der Waals surface area contributed by atoms with E-state index in [4.69, 9.17) is 4.42 Å². The number of rotatable bonds is 3. The molecule has 10 aromatic carbocycles. The lowest BCUT2D eigenvalue weighted by atomic mass is 10.1. The van der Waals surface area contributed by atoms with Crippen molar-refractivity contribution in [1.29, 1.82) is 0 Å². The van der Waals surface area contributed by atoms with Crippen molar-refractivity contribution in [2.45, 2.75) is 0 Å². The first kappa shape index (κ1) is 32.9. The number of hydrogen-bond donors (Lipinski definition) is 0. The van der Waals surface area contributed by atoms with Gasteiger partial charge in [-0.15, -0.1) is 0 Å². The van der Waals surface area contributed by atoms with Crippen molar-refractivity contribution in [3.63, 3.8) is 0 Å². The van der Waals surface area contributed by atoms with Crippen LogP contribution >= 0.6 is 0 Å². The highest BCUT2D eigenvalue weighted by molar-refractivity contribution is 6.12. The van der Waals surface area contributed by atoms with Crippen molar-refractivity contribution in [2.24, 2.45) is 0 Å². The zero-order valence-electron chi connectivity index (χ0n) is 32.5. The number of hydrogen-bond acceptors (Lipinski definition) is 1. The number of fused-ring (bicyclic) bond motifs is 12. The van der Waals surface area contributed by atoms with E-state index in [1.807, 2.05) is 0 Å². The molecule has 3 heterocycles. The third-order valence-electron chi connectivity index (χ3n) is 12.4. The van der Waals surface area contributed by atoms with Gasteiger partial charge in [0.25, 0.3) is 0 Å². The van der Waals surface area contributed by atoms with Crippen LogP contribution in [0.3, 0.4) is 0 Å². The Morgan fingerprint density at radius 1 is 0.267 bits per heavy atom. The molecule has 0 fully saturated rings. The third kappa shape index (κ3) is 4.91.